The predicted octanol–water partition coefficient (Wildman–Crippen LogP) is 4.50. The van der Waals surface area contributed by atoms with Crippen LogP contribution in [0.2, 0.25) is 0 Å². The highest BCUT2D eigenvalue weighted by Crippen LogP contribution is 2.36. The molecule has 0 saturated heterocycles. The molecule has 0 fully saturated rings. The predicted molar refractivity (Wildman–Crippen MR) is 84.8 cm³/mol. The SMILES string of the molecule is Cc1csc(Sc2ccc(N)c3cc(Br)cnc23)n1. The Morgan fingerprint density at radius 1 is 1.37 bits per heavy atom. The second kappa shape index (κ2) is 5.11. The number of aryl methyl sites for hydroxylation is 1. The summed E-state index contributed by atoms with van der Waals surface area (Å²) in [4.78, 5) is 10.0. The fraction of sp³-hybridized carbons (Fsp3) is 0.0769. The first-order valence-corrected chi connectivity index (χ1v) is 8.06. The first-order valence-electron chi connectivity index (χ1n) is 5.57. The molecule has 6 heteroatoms. The summed E-state index contributed by atoms with van der Waals surface area (Å²) in [5.41, 5.74) is 8.71. The van der Waals surface area contributed by atoms with Crippen LogP contribution in [0.5, 0.6) is 0 Å². The van der Waals surface area contributed by atoms with Crippen molar-refractivity contribution in [3.05, 3.63) is 39.9 Å². The summed E-state index contributed by atoms with van der Waals surface area (Å²) in [6.45, 7) is 2.00. The molecule has 0 aliphatic carbocycles. The van der Waals surface area contributed by atoms with E-state index in [0.29, 0.717) is 0 Å². The molecular formula is C13H10BrN3S2. The van der Waals surface area contributed by atoms with E-state index in [1.807, 2.05) is 30.5 Å². The Labute approximate surface area is 127 Å². The lowest BCUT2D eigenvalue weighted by Crippen LogP contribution is -1.90. The van der Waals surface area contributed by atoms with Gasteiger partial charge in [-0.25, -0.2) is 4.98 Å². The Morgan fingerprint density at radius 2 is 2.21 bits per heavy atom. The molecule has 2 N–H and O–H groups in total. The lowest BCUT2D eigenvalue weighted by Gasteiger charge is -2.06. The molecule has 0 bridgehead atoms. The number of rotatable bonds is 2. The van der Waals surface area contributed by atoms with Gasteiger partial charge in [-0.1, -0.05) is 11.8 Å². The van der Waals surface area contributed by atoms with Gasteiger partial charge in [0.1, 0.15) is 0 Å². The number of hydrogen-bond acceptors (Lipinski definition) is 5. The quantitative estimate of drug-likeness (QED) is 0.690. The Kier molecular flexibility index (Phi) is 3.47. The average molecular weight is 352 g/mol. The third-order valence-corrected chi connectivity index (χ3v) is 5.15. The van der Waals surface area contributed by atoms with Gasteiger partial charge in [0.25, 0.3) is 0 Å². The van der Waals surface area contributed by atoms with E-state index in [0.717, 1.165) is 36.0 Å². The van der Waals surface area contributed by atoms with Crippen molar-refractivity contribution >= 4 is 55.6 Å². The number of hydrogen-bond donors (Lipinski definition) is 1. The fourth-order valence-electron chi connectivity index (χ4n) is 1.75. The molecule has 3 nitrogen and oxygen atoms in total. The maximum atomic E-state index is 6.01. The zero-order valence-corrected chi connectivity index (χ0v) is 13.3. The third-order valence-electron chi connectivity index (χ3n) is 2.61. The van der Waals surface area contributed by atoms with Crippen molar-refractivity contribution in [2.75, 3.05) is 5.73 Å². The van der Waals surface area contributed by atoms with E-state index in [2.05, 4.69) is 25.9 Å². The molecule has 0 saturated carbocycles. The number of nitrogens with zero attached hydrogens (tertiary/aromatic N) is 2. The molecule has 0 spiro atoms. The first kappa shape index (κ1) is 12.9. The van der Waals surface area contributed by atoms with Crippen molar-refractivity contribution < 1.29 is 0 Å². The van der Waals surface area contributed by atoms with Crippen LogP contribution in [0, 0.1) is 6.92 Å². The van der Waals surface area contributed by atoms with Crippen LogP contribution in [0.1, 0.15) is 5.69 Å². The molecular weight excluding hydrogens is 342 g/mol. The number of anilines is 1. The van der Waals surface area contributed by atoms with E-state index in [-0.39, 0.29) is 0 Å². The number of nitrogen functional groups attached to an aromatic ring is 1. The molecule has 0 unspecified atom stereocenters. The third kappa shape index (κ3) is 2.61. The smallest absolute Gasteiger partial charge is 0.154 e. The van der Waals surface area contributed by atoms with Crippen LogP contribution in [0.4, 0.5) is 5.69 Å². The molecule has 2 heterocycles. The van der Waals surface area contributed by atoms with Crippen LogP contribution < -0.4 is 5.73 Å². The second-order valence-electron chi connectivity index (χ2n) is 4.06. The Morgan fingerprint density at radius 3 is 2.95 bits per heavy atom. The molecule has 19 heavy (non-hydrogen) atoms. The number of fused-ring (bicyclic) bond motifs is 1. The van der Waals surface area contributed by atoms with E-state index < -0.39 is 0 Å². The number of pyridine rings is 1. The van der Waals surface area contributed by atoms with Gasteiger partial charge in [0, 0.05) is 37.7 Å². The monoisotopic (exact) mass is 351 g/mol. The second-order valence-corrected chi connectivity index (χ2v) is 7.12. The summed E-state index contributed by atoms with van der Waals surface area (Å²) in [6.07, 6.45) is 1.79. The number of halogens is 1. The minimum absolute atomic E-state index is 0.739. The highest BCUT2D eigenvalue weighted by atomic mass is 79.9. The van der Waals surface area contributed by atoms with Crippen molar-refractivity contribution in [3.8, 4) is 0 Å². The van der Waals surface area contributed by atoms with Gasteiger partial charge >= 0.3 is 0 Å². The van der Waals surface area contributed by atoms with Crippen LogP contribution in [-0.4, -0.2) is 9.97 Å². The summed E-state index contributed by atoms with van der Waals surface area (Å²) in [6, 6.07) is 5.91. The van der Waals surface area contributed by atoms with Gasteiger partial charge in [-0.3, -0.25) is 4.98 Å². The first-order chi connectivity index (χ1) is 9.13. The van der Waals surface area contributed by atoms with Gasteiger partial charge in [-0.15, -0.1) is 11.3 Å². The lowest BCUT2D eigenvalue weighted by molar-refractivity contribution is 1.16. The van der Waals surface area contributed by atoms with Crippen molar-refractivity contribution in [2.45, 2.75) is 16.2 Å². The highest BCUT2D eigenvalue weighted by molar-refractivity contribution is 9.10. The van der Waals surface area contributed by atoms with E-state index in [1.165, 1.54) is 0 Å². The Balaban J connectivity index is 2.11. The Bertz CT molecular complexity index is 755. The lowest BCUT2D eigenvalue weighted by atomic mass is 10.2. The summed E-state index contributed by atoms with van der Waals surface area (Å²) in [5.74, 6) is 0. The summed E-state index contributed by atoms with van der Waals surface area (Å²) in [7, 11) is 0. The fourth-order valence-corrected chi connectivity index (χ4v) is 3.98. The van der Waals surface area contributed by atoms with Crippen LogP contribution in [0.15, 0.2) is 43.5 Å². The number of thiazole rings is 1. The van der Waals surface area contributed by atoms with E-state index in [9.17, 15) is 0 Å². The molecule has 3 rings (SSSR count). The van der Waals surface area contributed by atoms with Gasteiger partial charge in [0.05, 0.1) is 5.52 Å². The van der Waals surface area contributed by atoms with Gasteiger partial charge in [0.15, 0.2) is 4.34 Å². The molecule has 0 radical (unpaired) electrons. The minimum Gasteiger partial charge on any atom is -0.398 e. The van der Waals surface area contributed by atoms with E-state index in [4.69, 9.17) is 5.73 Å². The average Bonchev–Trinajstić information content (AvgIpc) is 2.79. The Hall–Kier alpha value is -1.11. The number of benzene rings is 1. The minimum atomic E-state index is 0.739. The standard InChI is InChI=1S/C13H10BrN3S2/c1-7-6-18-13(17-7)19-11-3-2-10(15)9-4-8(14)5-16-12(9)11/h2-6H,15H2,1H3. The summed E-state index contributed by atoms with van der Waals surface area (Å²) >= 11 is 6.70. The molecule has 2 aromatic heterocycles. The van der Waals surface area contributed by atoms with Crippen molar-refractivity contribution in [2.24, 2.45) is 0 Å². The number of aromatic nitrogens is 2. The van der Waals surface area contributed by atoms with Gasteiger partial charge in [-0.05, 0) is 41.1 Å². The van der Waals surface area contributed by atoms with E-state index >= 15 is 0 Å². The molecule has 0 aliphatic heterocycles. The van der Waals surface area contributed by atoms with Crippen LogP contribution in [0.25, 0.3) is 10.9 Å². The topological polar surface area (TPSA) is 51.8 Å². The summed E-state index contributed by atoms with van der Waals surface area (Å²) in [5, 5.41) is 3.01. The van der Waals surface area contributed by atoms with Gasteiger partial charge in [-0.2, -0.15) is 0 Å². The van der Waals surface area contributed by atoms with Crippen molar-refractivity contribution in [3.63, 3.8) is 0 Å². The molecule has 3 aromatic rings. The van der Waals surface area contributed by atoms with Gasteiger partial charge in [0.2, 0.25) is 0 Å². The molecule has 96 valence electrons. The molecule has 0 amide bonds. The maximum Gasteiger partial charge on any atom is 0.154 e. The van der Waals surface area contributed by atoms with Crippen LogP contribution in [-0.2, 0) is 0 Å². The molecule has 0 atom stereocenters. The molecule has 1 aromatic carbocycles. The normalized spacial score (nSPS) is 11.1. The highest BCUT2D eigenvalue weighted by Gasteiger charge is 2.09. The van der Waals surface area contributed by atoms with E-state index in [1.54, 1.807) is 29.3 Å². The largest absolute Gasteiger partial charge is 0.398 e. The van der Waals surface area contributed by atoms with Crippen molar-refractivity contribution in [1.29, 1.82) is 0 Å². The molecule has 0 aliphatic rings. The zero-order chi connectivity index (χ0) is 13.4. The van der Waals surface area contributed by atoms with Crippen LogP contribution >= 0.6 is 39.0 Å². The van der Waals surface area contributed by atoms with Gasteiger partial charge < -0.3 is 5.73 Å². The van der Waals surface area contributed by atoms with Crippen LogP contribution in [0.3, 0.4) is 0 Å². The zero-order valence-electron chi connectivity index (χ0n) is 10.1. The summed E-state index contributed by atoms with van der Waals surface area (Å²) < 4.78 is 1.95. The maximum absolute atomic E-state index is 6.01. The van der Waals surface area contributed by atoms with Crippen molar-refractivity contribution in [1.82, 2.24) is 9.97 Å². The number of nitrogens with two attached hydrogens (primary N) is 1.